The number of benzene rings is 2. The summed E-state index contributed by atoms with van der Waals surface area (Å²) < 4.78 is 16.1. The smallest absolute Gasteiger partial charge is 0.293 e. The standard InChI is InChI=1S/C21H20FN5O3/c1-13-23-8-9-26(13)19-7-2-14(10-17(19)22)12-24-21(28)15-3-6-18(25-16-4-5-16)20(11-15)27(29)30/h2-3,6-11,16,25H,4-5,12H2,1H3,(H,24,28). The third kappa shape index (κ3) is 4.14. The third-order valence-corrected chi connectivity index (χ3v) is 4.94. The zero-order valence-corrected chi connectivity index (χ0v) is 16.3. The molecule has 1 fully saturated rings. The lowest BCUT2D eigenvalue weighted by Gasteiger charge is -2.10. The van der Waals surface area contributed by atoms with E-state index in [1.165, 1.54) is 12.1 Å². The molecule has 8 nitrogen and oxygen atoms in total. The lowest BCUT2D eigenvalue weighted by Crippen LogP contribution is -2.23. The summed E-state index contributed by atoms with van der Waals surface area (Å²) in [5.74, 6) is -0.240. The number of carbonyl (C=O) groups excluding carboxylic acids is 1. The Morgan fingerprint density at radius 3 is 2.73 bits per heavy atom. The average Bonchev–Trinajstić information content (AvgIpc) is 3.44. The largest absolute Gasteiger partial charge is 0.377 e. The van der Waals surface area contributed by atoms with Crippen molar-refractivity contribution >= 4 is 17.3 Å². The first-order valence-electron chi connectivity index (χ1n) is 9.54. The van der Waals surface area contributed by atoms with Gasteiger partial charge in [-0.3, -0.25) is 14.9 Å². The third-order valence-electron chi connectivity index (χ3n) is 4.94. The van der Waals surface area contributed by atoms with Gasteiger partial charge in [-0.15, -0.1) is 0 Å². The van der Waals surface area contributed by atoms with Crippen molar-refractivity contribution in [2.24, 2.45) is 0 Å². The number of anilines is 1. The van der Waals surface area contributed by atoms with E-state index in [2.05, 4.69) is 15.6 Å². The van der Waals surface area contributed by atoms with Crippen molar-refractivity contribution in [3.8, 4) is 5.69 Å². The summed E-state index contributed by atoms with van der Waals surface area (Å²) >= 11 is 0. The molecule has 154 valence electrons. The van der Waals surface area contributed by atoms with Crippen molar-refractivity contribution in [2.45, 2.75) is 32.4 Å². The number of aromatic nitrogens is 2. The van der Waals surface area contributed by atoms with E-state index < -0.39 is 16.6 Å². The highest BCUT2D eigenvalue weighted by Crippen LogP contribution is 2.31. The maximum atomic E-state index is 14.5. The van der Waals surface area contributed by atoms with E-state index in [0.717, 1.165) is 12.8 Å². The molecule has 0 spiro atoms. The van der Waals surface area contributed by atoms with Crippen molar-refractivity contribution in [3.05, 3.63) is 81.7 Å². The number of nitro benzene ring substituents is 1. The van der Waals surface area contributed by atoms with Crippen LogP contribution in [0.4, 0.5) is 15.8 Å². The van der Waals surface area contributed by atoms with E-state index in [1.807, 2.05) is 0 Å². The van der Waals surface area contributed by atoms with E-state index in [1.54, 1.807) is 48.1 Å². The fourth-order valence-electron chi connectivity index (χ4n) is 3.17. The molecule has 2 N–H and O–H groups in total. The number of aryl methyl sites for hydroxylation is 1. The number of amides is 1. The van der Waals surface area contributed by atoms with Gasteiger partial charge in [0.25, 0.3) is 11.6 Å². The zero-order valence-electron chi connectivity index (χ0n) is 16.3. The number of carbonyl (C=O) groups is 1. The van der Waals surface area contributed by atoms with Gasteiger partial charge in [0.2, 0.25) is 0 Å². The monoisotopic (exact) mass is 409 g/mol. The molecule has 2 aromatic carbocycles. The van der Waals surface area contributed by atoms with Crippen LogP contribution in [0.3, 0.4) is 0 Å². The Morgan fingerprint density at radius 1 is 1.30 bits per heavy atom. The van der Waals surface area contributed by atoms with Crippen molar-refractivity contribution in [1.29, 1.82) is 0 Å². The Labute approximate surface area is 171 Å². The minimum Gasteiger partial charge on any atom is -0.377 e. The molecule has 3 aromatic rings. The Kier molecular flexibility index (Phi) is 5.18. The predicted molar refractivity (Wildman–Crippen MR) is 109 cm³/mol. The number of halogens is 1. The Hall–Kier alpha value is -3.75. The van der Waals surface area contributed by atoms with Crippen LogP contribution < -0.4 is 10.6 Å². The summed E-state index contributed by atoms with van der Waals surface area (Å²) in [6.07, 6.45) is 5.22. The molecule has 1 heterocycles. The molecular formula is C21H20FN5O3. The Morgan fingerprint density at radius 2 is 2.10 bits per heavy atom. The van der Waals surface area contributed by atoms with Gasteiger partial charge in [-0.05, 0) is 49.6 Å². The summed E-state index contributed by atoms with van der Waals surface area (Å²) in [5, 5.41) is 17.1. The number of imidazole rings is 1. The van der Waals surface area contributed by atoms with Crippen LogP contribution in [-0.2, 0) is 6.54 Å². The van der Waals surface area contributed by atoms with Gasteiger partial charge in [0.15, 0.2) is 0 Å². The van der Waals surface area contributed by atoms with Crippen LogP contribution in [0, 0.1) is 22.9 Å². The number of nitrogens with zero attached hydrogens (tertiary/aromatic N) is 3. The van der Waals surface area contributed by atoms with Gasteiger partial charge in [0, 0.05) is 36.6 Å². The van der Waals surface area contributed by atoms with Gasteiger partial charge in [-0.2, -0.15) is 0 Å². The van der Waals surface area contributed by atoms with Crippen LogP contribution in [0.15, 0.2) is 48.8 Å². The molecule has 9 heteroatoms. The molecule has 1 saturated carbocycles. The molecule has 4 rings (SSSR count). The number of hydrogen-bond acceptors (Lipinski definition) is 5. The second kappa shape index (κ2) is 7.94. The molecule has 0 atom stereocenters. The minimum atomic E-state index is -0.506. The molecule has 0 aliphatic heterocycles. The van der Waals surface area contributed by atoms with Crippen molar-refractivity contribution in [3.63, 3.8) is 0 Å². The molecule has 1 amide bonds. The summed E-state index contributed by atoms with van der Waals surface area (Å²) in [6, 6.07) is 9.28. The van der Waals surface area contributed by atoms with Crippen LogP contribution in [0.25, 0.3) is 5.69 Å². The summed E-state index contributed by atoms with van der Waals surface area (Å²) in [4.78, 5) is 27.4. The van der Waals surface area contributed by atoms with Gasteiger partial charge in [0.1, 0.15) is 17.3 Å². The average molecular weight is 409 g/mol. The van der Waals surface area contributed by atoms with Crippen molar-refractivity contribution < 1.29 is 14.1 Å². The van der Waals surface area contributed by atoms with Crippen molar-refractivity contribution in [1.82, 2.24) is 14.9 Å². The first kappa shape index (κ1) is 19.6. The topological polar surface area (TPSA) is 102 Å². The SMILES string of the molecule is Cc1nccn1-c1ccc(CNC(=O)c2ccc(NC3CC3)c([N+](=O)[O-])c2)cc1F. The number of nitrogens with one attached hydrogen (secondary N) is 2. The second-order valence-corrected chi connectivity index (χ2v) is 7.22. The molecule has 30 heavy (non-hydrogen) atoms. The highest BCUT2D eigenvalue weighted by atomic mass is 19.1. The van der Waals surface area contributed by atoms with Gasteiger partial charge in [-0.25, -0.2) is 9.37 Å². The summed E-state index contributed by atoms with van der Waals surface area (Å²) in [6.45, 7) is 1.87. The first-order chi connectivity index (χ1) is 14.4. The molecule has 1 aliphatic carbocycles. The van der Waals surface area contributed by atoms with E-state index in [-0.39, 0.29) is 23.8 Å². The molecule has 1 aliphatic rings. The van der Waals surface area contributed by atoms with Gasteiger partial charge >= 0.3 is 0 Å². The molecule has 0 radical (unpaired) electrons. The fourth-order valence-corrected chi connectivity index (χ4v) is 3.17. The maximum absolute atomic E-state index is 14.5. The normalized spacial score (nSPS) is 13.1. The van der Waals surface area contributed by atoms with Crippen LogP contribution >= 0.6 is 0 Å². The first-order valence-corrected chi connectivity index (χ1v) is 9.54. The van der Waals surface area contributed by atoms with Crippen LogP contribution in [0.5, 0.6) is 0 Å². The summed E-state index contributed by atoms with van der Waals surface area (Å²) in [7, 11) is 0. The second-order valence-electron chi connectivity index (χ2n) is 7.22. The maximum Gasteiger partial charge on any atom is 0.293 e. The number of hydrogen-bond donors (Lipinski definition) is 2. The molecule has 1 aromatic heterocycles. The number of nitro groups is 1. The molecule has 0 bridgehead atoms. The van der Waals surface area contributed by atoms with E-state index in [0.29, 0.717) is 22.8 Å². The fraction of sp³-hybridized carbons (Fsp3) is 0.238. The highest BCUT2D eigenvalue weighted by Gasteiger charge is 2.25. The predicted octanol–water partition coefficient (Wildman–Crippen LogP) is 3.73. The van der Waals surface area contributed by atoms with E-state index in [4.69, 9.17) is 0 Å². The van der Waals surface area contributed by atoms with Gasteiger partial charge in [-0.1, -0.05) is 6.07 Å². The molecule has 0 unspecified atom stereocenters. The van der Waals surface area contributed by atoms with Crippen LogP contribution in [-0.4, -0.2) is 26.4 Å². The van der Waals surface area contributed by atoms with E-state index in [9.17, 15) is 19.3 Å². The molecule has 0 saturated heterocycles. The highest BCUT2D eigenvalue weighted by molar-refractivity contribution is 5.95. The quantitative estimate of drug-likeness (QED) is 0.457. The molecular weight excluding hydrogens is 389 g/mol. The van der Waals surface area contributed by atoms with Crippen molar-refractivity contribution in [2.75, 3.05) is 5.32 Å². The van der Waals surface area contributed by atoms with Gasteiger partial charge in [0.05, 0.1) is 10.6 Å². The van der Waals surface area contributed by atoms with Crippen LogP contribution in [0.2, 0.25) is 0 Å². The zero-order chi connectivity index (χ0) is 21.3. The minimum absolute atomic E-state index is 0.0921. The van der Waals surface area contributed by atoms with Gasteiger partial charge < -0.3 is 15.2 Å². The lowest BCUT2D eigenvalue weighted by molar-refractivity contribution is -0.384. The lowest BCUT2D eigenvalue weighted by atomic mass is 10.1. The summed E-state index contributed by atoms with van der Waals surface area (Å²) in [5.41, 5.74) is 1.39. The Bertz CT molecular complexity index is 1120. The van der Waals surface area contributed by atoms with Crippen LogP contribution in [0.1, 0.15) is 34.6 Å². The Balaban J connectivity index is 1.45. The van der Waals surface area contributed by atoms with E-state index >= 15 is 0 Å². The number of rotatable bonds is 7.